The lowest BCUT2D eigenvalue weighted by atomic mass is 10.1. The van der Waals surface area contributed by atoms with E-state index in [0.29, 0.717) is 22.5 Å². The smallest absolute Gasteiger partial charge is 0.234 e. The molecule has 0 saturated carbocycles. The number of carbonyl (C=O) groups is 1. The molecule has 1 atom stereocenters. The number of aryl methyl sites for hydroxylation is 2. The molecule has 3 rings (SSSR count). The van der Waals surface area contributed by atoms with Gasteiger partial charge in [-0.15, -0.1) is 10.2 Å². The summed E-state index contributed by atoms with van der Waals surface area (Å²) in [6, 6.07) is 13.6. The highest BCUT2D eigenvalue weighted by atomic mass is 32.2. The molecule has 8 heteroatoms. The van der Waals surface area contributed by atoms with Crippen LogP contribution in [0.15, 0.2) is 47.6 Å². The number of nitrogens with zero attached hydrogens (tertiary/aromatic N) is 3. The Kier molecular flexibility index (Phi) is 7.80. The van der Waals surface area contributed by atoms with Crippen molar-refractivity contribution in [2.24, 2.45) is 0 Å². The van der Waals surface area contributed by atoms with E-state index in [2.05, 4.69) is 35.4 Å². The van der Waals surface area contributed by atoms with Crippen molar-refractivity contribution in [1.82, 2.24) is 14.8 Å². The maximum atomic E-state index is 12.5. The number of anilines is 1. The second-order valence-electron chi connectivity index (χ2n) is 7.93. The highest BCUT2D eigenvalue weighted by Gasteiger charge is 2.23. The average Bonchev–Trinajstić information content (AvgIpc) is 3.16. The Morgan fingerprint density at radius 1 is 1.06 bits per heavy atom. The fraction of sp³-hybridized carbons (Fsp3) is 0.375. The van der Waals surface area contributed by atoms with Crippen LogP contribution < -0.4 is 14.8 Å². The molecular weight excluding hydrogens is 424 g/mol. The van der Waals surface area contributed by atoms with Crippen molar-refractivity contribution < 1.29 is 14.3 Å². The number of carbonyl (C=O) groups excluding carboxylic acids is 1. The normalized spacial score (nSPS) is 12.0. The monoisotopic (exact) mass is 454 g/mol. The molecule has 0 aliphatic heterocycles. The number of benzene rings is 2. The Hall–Kier alpha value is -3.00. The van der Waals surface area contributed by atoms with Crippen molar-refractivity contribution in [3.63, 3.8) is 0 Å². The van der Waals surface area contributed by atoms with E-state index in [1.165, 1.54) is 11.8 Å². The summed E-state index contributed by atoms with van der Waals surface area (Å²) in [4.78, 5) is 12.5. The van der Waals surface area contributed by atoms with E-state index in [-0.39, 0.29) is 23.8 Å². The predicted molar refractivity (Wildman–Crippen MR) is 128 cm³/mol. The van der Waals surface area contributed by atoms with E-state index in [1.807, 2.05) is 61.7 Å². The first kappa shape index (κ1) is 23.7. The van der Waals surface area contributed by atoms with Crippen LogP contribution in [0, 0.1) is 13.8 Å². The molecule has 2 aromatic carbocycles. The number of hydrogen-bond donors (Lipinski definition) is 1. The van der Waals surface area contributed by atoms with Gasteiger partial charge in [0, 0.05) is 11.7 Å². The van der Waals surface area contributed by atoms with Crippen molar-refractivity contribution in [3.8, 4) is 11.5 Å². The molecule has 0 aliphatic carbocycles. The lowest BCUT2D eigenvalue weighted by Gasteiger charge is -2.19. The van der Waals surface area contributed by atoms with Gasteiger partial charge in [-0.1, -0.05) is 30.0 Å². The van der Waals surface area contributed by atoms with Gasteiger partial charge in [0.2, 0.25) is 5.91 Å². The third kappa shape index (κ3) is 5.82. The van der Waals surface area contributed by atoms with E-state index < -0.39 is 0 Å². The Bertz CT molecular complexity index is 1060. The maximum absolute atomic E-state index is 12.5. The van der Waals surface area contributed by atoms with E-state index >= 15 is 0 Å². The highest BCUT2D eigenvalue weighted by molar-refractivity contribution is 7.99. The Morgan fingerprint density at radius 3 is 2.34 bits per heavy atom. The molecule has 170 valence electrons. The van der Waals surface area contributed by atoms with Gasteiger partial charge in [-0.05, 0) is 70.0 Å². The van der Waals surface area contributed by atoms with Gasteiger partial charge in [-0.2, -0.15) is 0 Å². The fourth-order valence-electron chi connectivity index (χ4n) is 3.48. The van der Waals surface area contributed by atoms with E-state index in [1.54, 1.807) is 7.11 Å². The van der Waals surface area contributed by atoms with Crippen LogP contribution in [-0.4, -0.2) is 33.5 Å². The van der Waals surface area contributed by atoms with Gasteiger partial charge < -0.3 is 19.4 Å². The van der Waals surface area contributed by atoms with Crippen molar-refractivity contribution >= 4 is 23.4 Å². The SMILES string of the molecule is COc1ccccc1OC(C)c1nnc(SCC(=O)Nc2cc(C)cc(C)c2)n1C(C)C. The molecular formula is C24H30N4O3S. The van der Waals surface area contributed by atoms with E-state index in [0.717, 1.165) is 16.8 Å². The molecule has 0 fully saturated rings. The summed E-state index contributed by atoms with van der Waals surface area (Å²) in [6.07, 6.45) is -0.348. The lowest BCUT2D eigenvalue weighted by Crippen LogP contribution is -2.17. The van der Waals surface area contributed by atoms with E-state index in [9.17, 15) is 4.79 Å². The summed E-state index contributed by atoms with van der Waals surface area (Å²) in [5, 5.41) is 12.3. The van der Waals surface area contributed by atoms with Crippen LogP contribution >= 0.6 is 11.8 Å². The lowest BCUT2D eigenvalue weighted by molar-refractivity contribution is -0.113. The summed E-state index contributed by atoms with van der Waals surface area (Å²) in [6.45, 7) is 10.1. The predicted octanol–water partition coefficient (Wildman–Crippen LogP) is 5.36. The average molecular weight is 455 g/mol. The topological polar surface area (TPSA) is 78.3 Å². The number of thioether (sulfide) groups is 1. The van der Waals surface area contributed by atoms with Crippen LogP contribution in [0.4, 0.5) is 5.69 Å². The second kappa shape index (κ2) is 10.5. The molecule has 1 unspecified atom stereocenters. The van der Waals surface area contributed by atoms with Crippen LogP contribution in [0.5, 0.6) is 11.5 Å². The first-order valence-corrected chi connectivity index (χ1v) is 11.5. The molecule has 7 nitrogen and oxygen atoms in total. The first-order valence-electron chi connectivity index (χ1n) is 10.5. The second-order valence-corrected chi connectivity index (χ2v) is 8.87. The fourth-order valence-corrected chi connectivity index (χ4v) is 4.36. The quantitative estimate of drug-likeness (QED) is 0.439. The molecule has 1 aromatic heterocycles. The van der Waals surface area contributed by atoms with Gasteiger partial charge in [0.25, 0.3) is 0 Å². The molecule has 0 radical (unpaired) electrons. The maximum Gasteiger partial charge on any atom is 0.234 e. The Morgan fingerprint density at radius 2 is 1.72 bits per heavy atom. The van der Waals surface area contributed by atoms with Crippen LogP contribution in [0.1, 0.15) is 49.9 Å². The van der Waals surface area contributed by atoms with Crippen LogP contribution in [0.25, 0.3) is 0 Å². The summed E-state index contributed by atoms with van der Waals surface area (Å²) in [7, 11) is 1.61. The minimum atomic E-state index is -0.348. The molecule has 0 saturated heterocycles. The standard InChI is InChI=1S/C24H30N4O3S/c1-15(2)28-23(18(5)31-21-10-8-7-9-20(21)30-6)26-27-24(28)32-14-22(29)25-19-12-16(3)11-17(4)13-19/h7-13,15,18H,14H2,1-6H3,(H,25,29). The minimum absolute atomic E-state index is 0.0850. The molecule has 0 spiro atoms. The van der Waals surface area contributed by atoms with Gasteiger partial charge in [0.15, 0.2) is 28.6 Å². The van der Waals surface area contributed by atoms with Gasteiger partial charge in [-0.3, -0.25) is 4.79 Å². The zero-order valence-electron chi connectivity index (χ0n) is 19.4. The summed E-state index contributed by atoms with van der Waals surface area (Å²) in [5.41, 5.74) is 3.03. The molecule has 3 aromatic rings. The number of ether oxygens (including phenoxy) is 2. The van der Waals surface area contributed by atoms with E-state index in [4.69, 9.17) is 9.47 Å². The molecule has 32 heavy (non-hydrogen) atoms. The molecule has 1 heterocycles. The van der Waals surface area contributed by atoms with Gasteiger partial charge in [0.1, 0.15) is 0 Å². The number of amides is 1. The number of aromatic nitrogens is 3. The summed E-state index contributed by atoms with van der Waals surface area (Å²) >= 11 is 1.36. The molecule has 1 amide bonds. The highest BCUT2D eigenvalue weighted by Crippen LogP contribution is 2.32. The Labute approximate surface area is 193 Å². The van der Waals surface area contributed by atoms with Crippen molar-refractivity contribution in [1.29, 1.82) is 0 Å². The van der Waals surface area contributed by atoms with Crippen LogP contribution in [0.2, 0.25) is 0 Å². The van der Waals surface area contributed by atoms with Crippen molar-refractivity contribution in [2.75, 3.05) is 18.2 Å². The number of rotatable bonds is 9. The largest absolute Gasteiger partial charge is 0.493 e. The number of nitrogens with one attached hydrogen (secondary N) is 1. The number of methoxy groups -OCH3 is 1. The number of hydrogen-bond acceptors (Lipinski definition) is 6. The van der Waals surface area contributed by atoms with Crippen LogP contribution in [0.3, 0.4) is 0 Å². The molecule has 1 N–H and O–H groups in total. The third-order valence-electron chi connectivity index (χ3n) is 4.78. The van der Waals surface area contributed by atoms with Crippen molar-refractivity contribution in [2.45, 2.75) is 51.9 Å². The molecule has 0 bridgehead atoms. The number of para-hydroxylation sites is 2. The zero-order valence-corrected chi connectivity index (χ0v) is 20.2. The minimum Gasteiger partial charge on any atom is -0.493 e. The van der Waals surface area contributed by atoms with Gasteiger partial charge in [-0.25, -0.2) is 0 Å². The van der Waals surface area contributed by atoms with Gasteiger partial charge in [0.05, 0.1) is 12.9 Å². The van der Waals surface area contributed by atoms with Crippen molar-refractivity contribution in [3.05, 3.63) is 59.4 Å². The van der Waals surface area contributed by atoms with Crippen LogP contribution in [-0.2, 0) is 4.79 Å². The summed E-state index contributed by atoms with van der Waals surface area (Å²) in [5.74, 6) is 2.15. The molecule has 0 aliphatic rings. The van der Waals surface area contributed by atoms with Gasteiger partial charge >= 0.3 is 0 Å². The summed E-state index contributed by atoms with van der Waals surface area (Å²) < 4.78 is 13.5. The first-order chi connectivity index (χ1) is 15.3. The Balaban J connectivity index is 1.70. The zero-order chi connectivity index (χ0) is 23.3. The third-order valence-corrected chi connectivity index (χ3v) is 5.72.